The predicted octanol–water partition coefficient (Wildman–Crippen LogP) is 2.01. The van der Waals surface area contributed by atoms with Gasteiger partial charge in [-0.1, -0.05) is 15.9 Å². The summed E-state index contributed by atoms with van der Waals surface area (Å²) in [6, 6.07) is 5.17. The molecule has 1 aromatic carbocycles. The Labute approximate surface area is 108 Å². The molecule has 0 N–H and O–H groups in total. The van der Waals surface area contributed by atoms with Crippen molar-refractivity contribution in [2.75, 3.05) is 23.9 Å². The van der Waals surface area contributed by atoms with E-state index < -0.39 is 0 Å². The summed E-state index contributed by atoms with van der Waals surface area (Å²) in [4.78, 5) is 24.7. The Kier molecular flexibility index (Phi) is 3.47. The number of ketones is 1. The lowest BCUT2D eigenvalue weighted by molar-refractivity contribution is -0.120. The molecule has 90 valence electrons. The van der Waals surface area contributed by atoms with Gasteiger partial charge in [0.2, 0.25) is 0 Å². The molecule has 1 heterocycles. The fourth-order valence-corrected chi connectivity index (χ4v) is 2.04. The van der Waals surface area contributed by atoms with Gasteiger partial charge in [-0.25, -0.2) is 0 Å². The van der Waals surface area contributed by atoms with Gasteiger partial charge in [0, 0.05) is 24.4 Å². The summed E-state index contributed by atoms with van der Waals surface area (Å²) < 4.78 is 5.29. The third kappa shape index (κ3) is 2.34. The van der Waals surface area contributed by atoms with Crippen LogP contribution in [0.1, 0.15) is 16.8 Å². The standard InChI is InChI=1S/C12H12BrNO3/c1-14-9-6-8(10(15)4-5-13)2-3-11(9)17-7-12(14)16/h2-3,6H,4-5,7H2,1H3. The molecule has 0 fully saturated rings. The second kappa shape index (κ2) is 4.87. The summed E-state index contributed by atoms with van der Waals surface area (Å²) in [5.41, 5.74) is 1.26. The molecule has 0 bridgehead atoms. The highest BCUT2D eigenvalue weighted by atomic mass is 79.9. The zero-order chi connectivity index (χ0) is 12.4. The molecule has 0 saturated carbocycles. The number of likely N-dealkylation sites (N-methyl/N-ethyl adjacent to an activating group) is 1. The molecule has 2 rings (SSSR count). The van der Waals surface area contributed by atoms with Crippen molar-refractivity contribution >= 4 is 33.3 Å². The molecule has 0 saturated heterocycles. The first-order chi connectivity index (χ1) is 8.13. The minimum Gasteiger partial charge on any atom is -0.482 e. The molecule has 0 aromatic heterocycles. The van der Waals surface area contributed by atoms with Crippen molar-refractivity contribution in [1.82, 2.24) is 0 Å². The van der Waals surface area contributed by atoms with Crippen molar-refractivity contribution in [2.45, 2.75) is 6.42 Å². The monoisotopic (exact) mass is 297 g/mol. The predicted molar refractivity (Wildman–Crippen MR) is 68.1 cm³/mol. The van der Waals surface area contributed by atoms with Crippen LogP contribution in [0.4, 0.5) is 5.69 Å². The van der Waals surface area contributed by atoms with Gasteiger partial charge >= 0.3 is 0 Å². The average molecular weight is 298 g/mol. The number of alkyl halides is 1. The van der Waals surface area contributed by atoms with Crippen LogP contribution >= 0.6 is 15.9 Å². The first-order valence-electron chi connectivity index (χ1n) is 5.26. The van der Waals surface area contributed by atoms with E-state index in [1.165, 1.54) is 4.90 Å². The molecule has 1 aliphatic heterocycles. The van der Waals surface area contributed by atoms with Crippen molar-refractivity contribution in [2.24, 2.45) is 0 Å². The van der Waals surface area contributed by atoms with Crippen molar-refractivity contribution in [3.63, 3.8) is 0 Å². The smallest absolute Gasteiger partial charge is 0.264 e. The zero-order valence-corrected chi connectivity index (χ0v) is 11.0. The Balaban J connectivity index is 2.35. The number of amides is 1. The van der Waals surface area contributed by atoms with E-state index in [4.69, 9.17) is 4.74 Å². The molecule has 0 radical (unpaired) electrons. The van der Waals surface area contributed by atoms with Crippen LogP contribution in [0.5, 0.6) is 5.75 Å². The molecule has 17 heavy (non-hydrogen) atoms. The third-order valence-corrected chi connectivity index (χ3v) is 3.09. The van der Waals surface area contributed by atoms with Gasteiger partial charge in [-0.2, -0.15) is 0 Å². The van der Waals surface area contributed by atoms with Crippen molar-refractivity contribution in [3.8, 4) is 5.75 Å². The molecule has 1 amide bonds. The van der Waals surface area contributed by atoms with E-state index in [0.717, 1.165) is 0 Å². The van der Waals surface area contributed by atoms with Gasteiger partial charge in [0.1, 0.15) is 5.75 Å². The number of carbonyl (C=O) groups is 2. The van der Waals surface area contributed by atoms with Gasteiger partial charge in [0.25, 0.3) is 5.91 Å². The highest BCUT2D eigenvalue weighted by molar-refractivity contribution is 9.09. The number of fused-ring (bicyclic) bond motifs is 1. The van der Waals surface area contributed by atoms with E-state index in [9.17, 15) is 9.59 Å². The first kappa shape index (κ1) is 12.1. The molecule has 0 unspecified atom stereocenters. The Morgan fingerprint density at radius 1 is 1.53 bits per heavy atom. The number of rotatable bonds is 3. The van der Waals surface area contributed by atoms with Crippen LogP contribution < -0.4 is 9.64 Å². The molecule has 0 spiro atoms. The summed E-state index contributed by atoms with van der Waals surface area (Å²) in [7, 11) is 1.68. The SMILES string of the molecule is CN1C(=O)COc2ccc(C(=O)CCBr)cc21. The molecular weight excluding hydrogens is 286 g/mol. The van der Waals surface area contributed by atoms with Crippen molar-refractivity contribution < 1.29 is 14.3 Å². The molecule has 5 heteroatoms. The zero-order valence-electron chi connectivity index (χ0n) is 9.40. The summed E-state index contributed by atoms with van der Waals surface area (Å²) in [5, 5.41) is 0.633. The number of ether oxygens (including phenoxy) is 1. The van der Waals surface area contributed by atoms with E-state index in [-0.39, 0.29) is 18.3 Å². The lowest BCUT2D eigenvalue weighted by Gasteiger charge is -2.26. The van der Waals surface area contributed by atoms with Gasteiger partial charge in [0.05, 0.1) is 5.69 Å². The topological polar surface area (TPSA) is 46.6 Å². The number of benzene rings is 1. The number of hydrogen-bond donors (Lipinski definition) is 0. The summed E-state index contributed by atoms with van der Waals surface area (Å²) >= 11 is 3.23. The fraction of sp³-hybridized carbons (Fsp3) is 0.333. The normalized spacial score (nSPS) is 14.2. The quantitative estimate of drug-likeness (QED) is 0.633. The number of Topliss-reactive ketones (excluding diaryl/α,β-unsaturated/α-hetero) is 1. The summed E-state index contributed by atoms with van der Waals surface area (Å²) in [5.74, 6) is 0.584. The van der Waals surface area contributed by atoms with Crippen molar-refractivity contribution in [1.29, 1.82) is 0 Å². The van der Waals surface area contributed by atoms with Gasteiger partial charge in [-0.05, 0) is 18.2 Å². The van der Waals surface area contributed by atoms with Gasteiger partial charge in [-0.3, -0.25) is 9.59 Å². The molecule has 4 nitrogen and oxygen atoms in total. The molecule has 1 aliphatic rings. The Morgan fingerprint density at radius 2 is 2.29 bits per heavy atom. The third-order valence-electron chi connectivity index (χ3n) is 2.69. The van der Waals surface area contributed by atoms with Gasteiger partial charge < -0.3 is 9.64 Å². The fourth-order valence-electron chi connectivity index (χ4n) is 1.68. The van der Waals surface area contributed by atoms with Crippen LogP contribution in [0.25, 0.3) is 0 Å². The van der Waals surface area contributed by atoms with Gasteiger partial charge in [0.15, 0.2) is 12.4 Å². The minimum atomic E-state index is -0.109. The highest BCUT2D eigenvalue weighted by Gasteiger charge is 2.23. The van der Waals surface area contributed by atoms with Crippen LogP contribution in [-0.2, 0) is 4.79 Å². The number of hydrogen-bond acceptors (Lipinski definition) is 3. The van der Waals surface area contributed by atoms with Crippen LogP contribution in [0.2, 0.25) is 0 Å². The molecular formula is C12H12BrNO3. The van der Waals surface area contributed by atoms with Crippen LogP contribution in [0, 0.1) is 0 Å². The number of nitrogens with zero attached hydrogens (tertiary/aromatic N) is 1. The van der Waals surface area contributed by atoms with E-state index in [0.29, 0.717) is 28.8 Å². The maximum Gasteiger partial charge on any atom is 0.264 e. The second-order valence-corrected chi connectivity index (χ2v) is 4.58. The van der Waals surface area contributed by atoms with Crippen LogP contribution in [0.3, 0.4) is 0 Å². The first-order valence-corrected chi connectivity index (χ1v) is 6.38. The molecule has 0 aliphatic carbocycles. The second-order valence-electron chi connectivity index (χ2n) is 3.79. The lowest BCUT2D eigenvalue weighted by atomic mass is 10.1. The summed E-state index contributed by atoms with van der Waals surface area (Å²) in [6.07, 6.45) is 0.442. The highest BCUT2D eigenvalue weighted by Crippen LogP contribution is 2.32. The minimum absolute atomic E-state index is 0.0519. The van der Waals surface area contributed by atoms with E-state index in [1.807, 2.05) is 0 Å². The number of halogens is 1. The van der Waals surface area contributed by atoms with Crippen LogP contribution in [0.15, 0.2) is 18.2 Å². The molecule has 0 atom stereocenters. The van der Waals surface area contributed by atoms with E-state index >= 15 is 0 Å². The van der Waals surface area contributed by atoms with Gasteiger partial charge in [-0.15, -0.1) is 0 Å². The van der Waals surface area contributed by atoms with E-state index in [2.05, 4.69) is 15.9 Å². The van der Waals surface area contributed by atoms with Crippen LogP contribution in [-0.4, -0.2) is 30.7 Å². The largest absolute Gasteiger partial charge is 0.482 e. The number of anilines is 1. The maximum atomic E-state index is 11.7. The summed E-state index contributed by atoms with van der Waals surface area (Å²) in [6.45, 7) is 0.0538. The Morgan fingerprint density at radius 3 is 3.00 bits per heavy atom. The van der Waals surface area contributed by atoms with E-state index in [1.54, 1.807) is 25.2 Å². The Hall–Kier alpha value is -1.36. The van der Waals surface area contributed by atoms with Crippen molar-refractivity contribution in [3.05, 3.63) is 23.8 Å². The lowest BCUT2D eigenvalue weighted by Crippen LogP contribution is -2.35. The maximum absolute atomic E-state index is 11.7. The Bertz CT molecular complexity index is 473. The average Bonchev–Trinajstić information content (AvgIpc) is 2.34. The number of carbonyl (C=O) groups excluding carboxylic acids is 2. The molecule has 1 aromatic rings.